The molecule has 1 aromatic carbocycles. The lowest BCUT2D eigenvalue weighted by atomic mass is 9.91. The van der Waals surface area contributed by atoms with Gasteiger partial charge in [-0.3, -0.25) is 5.10 Å². The van der Waals surface area contributed by atoms with Crippen LogP contribution in [0.1, 0.15) is 24.5 Å². The Morgan fingerprint density at radius 2 is 2.00 bits per heavy atom. The molecule has 4 aromatic rings. The third-order valence-electron chi connectivity index (χ3n) is 5.11. The van der Waals surface area contributed by atoms with Gasteiger partial charge in [-0.1, -0.05) is 5.16 Å². The molecule has 1 saturated heterocycles. The van der Waals surface area contributed by atoms with Crippen LogP contribution in [0.15, 0.2) is 47.2 Å². The minimum Gasteiger partial charge on any atom is -0.356 e. The highest BCUT2D eigenvalue weighted by Crippen LogP contribution is 2.34. The molecular formula is C19H17FN6O. The first-order valence-electron chi connectivity index (χ1n) is 8.90. The summed E-state index contributed by atoms with van der Waals surface area (Å²) in [5.74, 6) is 0.844. The van der Waals surface area contributed by atoms with E-state index in [2.05, 4.69) is 30.5 Å². The van der Waals surface area contributed by atoms with Gasteiger partial charge in [0.2, 0.25) is 0 Å². The van der Waals surface area contributed by atoms with Crippen molar-refractivity contribution in [1.29, 1.82) is 0 Å². The number of hydrogen-bond donors (Lipinski definition) is 1. The number of hydrogen-bond acceptors (Lipinski definition) is 6. The summed E-state index contributed by atoms with van der Waals surface area (Å²) in [5.41, 5.74) is 3.19. The van der Waals surface area contributed by atoms with Gasteiger partial charge in [-0.25, -0.2) is 4.39 Å². The number of anilines is 1. The number of rotatable bonds is 3. The Labute approximate surface area is 154 Å². The van der Waals surface area contributed by atoms with Gasteiger partial charge in [0, 0.05) is 36.2 Å². The molecule has 1 aliphatic heterocycles. The zero-order valence-corrected chi connectivity index (χ0v) is 14.5. The minimum atomic E-state index is -0.266. The Kier molecular flexibility index (Phi) is 3.81. The molecule has 0 saturated carbocycles. The van der Waals surface area contributed by atoms with E-state index in [1.54, 1.807) is 18.5 Å². The Balaban J connectivity index is 1.30. The maximum Gasteiger partial charge on any atom is 0.167 e. The standard InChI is InChI=1S/C19H17FN6O/c20-14-1-3-17-15(9-14)19(25-27-17)12-5-7-26(8-6-12)18-4-2-16(23-24-18)13-10-21-22-11-13/h1-4,9-12H,5-8H2,(H,21,22). The van der Waals surface area contributed by atoms with E-state index in [-0.39, 0.29) is 11.7 Å². The average molecular weight is 364 g/mol. The normalized spacial score (nSPS) is 15.5. The lowest BCUT2D eigenvalue weighted by molar-refractivity contribution is 0.416. The van der Waals surface area contributed by atoms with Crippen molar-refractivity contribution in [3.8, 4) is 11.3 Å². The zero-order valence-electron chi connectivity index (χ0n) is 14.5. The quantitative estimate of drug-likeness (QED) is 0.599. The Bertz CT molecular complexity index is 1050. The summed E-state index contributed by atoms with van der Waals surface area (Å²) < 4.78 is 18.9. The molecule has 8 heteroatoms. The van der Waals surface area contributed by atoms with Crippen molar-refractivity contribution in [3.05, 3.63) is 54.2 Å². The number of aromatic amines is 1. The number of fused-ring (bicyclic) bond motifs is 1. The van der Waals surface area contributed by atoms with Crippen LogP contribution in [0.3, 0.4) is 0 Å². The van der Waals surface area contributed by atoms with Gasteiger partial charge in [0.05, 0.1) is 17.6 Å². The lowest BCUT2D eigenvalue weighted by Gasteiger charge is -2.31. The molecule has 1 N–H and O–H groups in total. The summed E-state index contributed by atoms with van der Waals surface area (Å²) in [4.78, 5) is 2.21. The number of H-pyrrole nitrogens is 1. The molecule has 4 heterocycles. The van der Waals surface area contributed by atoms with Gasteiger partial charge in [0.25, 0.3) is 0 Å². The maximum absolute atomic E-state index is 13.6. The third-order valence-corrected chi connectivity index (χ3v) is 5.11. The highest BCUT2D eigenvalue weighted by Gasteiger charge is 2.26. The summed E-state index contributed by atoms with van der Waals surface area (Å²) in [7, 11) is 0. The smallest absolute Gasteiger partial charge is 0.167 e. The average Bonchev–Trinajstić information content (AvgIpc) is 3.38. The van der Waals surface area contributed by atoms with Crippen LogP contribution in [0.2, 0.25) is 0 Å². The van der Waals surface area contributed by atoms with E-state index in [1.165, 1.54) is 12.1 Å². The van der Waals surface area contributed by atoms with Crippen LogP contribution in [-0.4, -0.2) is 38.6 Å². The van der Waals surface area contributed by atoms with Crippen molar-refractivity contribution >= 4 is 16.8 Å². The first-order chi connectivity index (χ1) is 13.3. The van der Waals surface area contributed by atoms with Crippen LogP contribution < -0.4 is 4.90 Å². The topological polar surface area (TPSA) is 83.7 Å². The molecule has 136 valence electrons. The molecule has 0 atom stereocenters. The predicted octanol–water partition coefficient (Wildman–Crippen LogP) is 3.53. The van der Waals surface area contributed by atoms with Gasteiger partial charge in [-0.15, -0.1) is 10.2 Å². The molecule has 3 aromatic heterocycles. The fourth-order valence-corrected chi connectivity index (χ4v) is 3.64. The van der Waals surface area contributed by atoms with Crippen molar-refractivity contribution in [2.45, 2.75) is 18.8 Å². The van der Waals surface area contributed by atoms with Gasteiger partial charge >= 0.3 is 0 Å². The van der Waals surface area contributed by atoms with Crippen molar-refractivity contribution < 1.29 is 8.91 Å². The van der Waals surface area contributed by atoms with Crippen LogP contribution in [0.4, 0.5) is 10.2 Å². The van der Waals surface area contributed by atoms with E-state index in [1.807, 2.05) is 12.1 Å². The van der Waals surface area contributed by atoms with Gasteiger partial charge in [-0.05, 0) is 43.2 Å². The van der Waals surface area contributed by atoms with Gasteiger partial charge < -0.3 is 9.42 Å². The second-order valence-electron chi connectivity index (χ2n) is 6.73. The van der Waals surface area contributed by atoms with Crippen LogP contribution in [0.25, 0.3) is 22.2 Å². The number of nitrogens with zero attached hydrogens (tertiary/aromatic N) is 5. The Morgan fingerprint density at radius 1 is 1.11 bits per heavy atom. The minimum absolute atomic E-state index is 0.252. The molecule has 0 bridgehead atoms. The molecule has 7 nitrogen and oxygen atoms in total. The van der Waals surface area contributed by atoms with Crippen LogP contribution in [0.5, 0.6) is 0 Å². The van der Waals surface area contributed by atoms with E-state index in [0.717, 1.165) is 54.1 Å². The summed E-state index contributed by atoms with van der Waals surface area (Å²) in [5, 5.41) is 20.3. The second kappa shape index (κ2) is 6.46. The van der Waals surface area contributed by atoms with Crippen molar-refractivity contribution in [2.75, 3.05) is 18.0 Å². The van der Waals surface area contributed by atoms with Gasteiger partial charge in [0.1, 0.15) is 5.82 Å². The van der Waals surface area contributed by atoms with E-state index in [9.17, 15) is 4.39 Å². The first kappa shape index (κ1) is 15.9. The second-order valence-corrected chi connectivity index (χ2v) is 6.73. The largest absolute Gasteiger partial charge is 0.356 e. The molecular weight excluding hydrogens is 347 g/mol. The molecule has 0 unspecified atom stereocenters. The van der Waals surface area contributed by atoms with Crippen molar-refractivity contribution in [1.82, 2.24) is 25.6 Å². The predicted molar refractivity (Wildman–Crippen MR) is 97.8 cm³/mol. The number of aromatic nitrogens is 5. The number of benzene rings is 1. The van der Waals surface area contributed by atoms with Gasteiger partial charge in [-0.2, -0.15) is 5.10 Å². The number of nitrogens with one attached hydrogen (secondary N) is 1. The summed E-state index contributed by atoms with van der Waals surface area (Å²) in [6.45, 7) is 1.68. The summed E-state index contributed by atoms with van der Waals surface area (Å²) in [6, 6.07) is 8.47. The molecule has 0 spiro atoms. The van der Waals surface area contributed by atoms with E-state index in [0.29, 0.717) is 5.58 Å². The molecule has 1 fully saturated rings. The molecule has 5 rings (SSSR count). The fraction of sp³-hybridized carbons (Fsp3) is 0.263. The summed E-state index contributed by atoms with van der Waals surface area (Å²) in [6.07, 6.45) is 5.33. The molecule has 1 aliphatic rings. The van der Waals surface area contributed by atoms with Crippen molar-refractivity contribution in [3.63, 3.8) is 0 Å². The van der Waals surface area contributed by atoms with Crippen LogP contribution >= 0.6 is 0 Å². The highest BCUT2D eigenvalue weighted by molar-refractivity contribution is 5.80. The Hall–Kier alpha value is -3.29. The molecule has 0 aliphatic carbocycles. The number of piperidine rings is 1. The fourth-order valence-electron chi connectivity index (χ4n) is 3.64. The Morgan fingerprint density at radius 3 is 2.74 bits per heavy atom. The molecule has 27 heavy (non-hydrogen) atoms. The van der Waals surface area contributed by atoms with E-state index in [4.69, 9.17) is 4.52 Å². The van der Waals surface area contributed by atoms with Gasteiger partial charge in [0.15, 0.2) is 11.4 Å². The third kappa shape index (κ3) is 2.92. The monoisotopic (exact) mass is 364 g/mol. The highest BCUT2D eigenvalue weighted by atomic mass is 19.1. The zero-order chi connectivity index (χ0) is 18.2. The SMILES string of the molecule is Fc1ccc2onc(C3CCN(c4ccc(-c5cn[nH]c5)nn4)CC3)c2c1. The molecule has 0 amide bonds. The maximum atomic E-state index is 13.6. The van der Waals surface area contributed by atoms with E-state index >= 15 is 0 Å². The van der Waals surface area contributed by atoms with Crippen LogP contribution in [-0.2, 0) is 0 Å². The lowest BCUT2D eigenvalue weighted by Crippen LogP contribution is -2.33. The number of halogens is 1. The summed E-state index contributed by atoms with van der Waals surface area (Å²) >= 11 is 0. The first-order valence-corrected chi connectivity index (χ1v) is 8.90. The van der Waals surface area contributed by atoms with Crippen LogP contribution in [0, 0.1) is 5.82 Å². The molecule has 0 radical (unpaired) electrons. The van der Waals surface area contributed by atoms with Crippen molar-refractivity contribution in [2.24, 2.45) is 0 Å². The van der Waals surface area contributed by atoms with E-state index < -0.39 is 0 Å².